The number of nitrogens with one attached hydrogen (secondary N) is 1. The van der Waals surface area contributed by atoms with Crippen molar-refractivity contribution < 1.29 is 0 Å². The smallest absolute Gasteiger partial charge is 0.0451 e. The quantitative estimate of drug-likeness (QED) is 0.849. The summed E-state index contributed by atoms with van der Waals surface area (Å²) in [5.41, 5.74) is 2.88. The van der Waals surface area contributed by atoms with Crippen molar-refractivity contribution in [1.82, 2.24) is 10.2 Å². The van der Waals surface area contributed by atoms with Crippen LogP contribution in [0.1, 0.15) is 50.3 Å². The van der Waals surface area contributed by atoms with Gasteiger partial charge >= 0.3 is 0 Å². The third-order valence-corrected chi connectivity index (χ3v) is 4.39. The molecule has 0 spiro atoms. The lowest BCUT2D eigenvalue weighted by Gasteiger charge is -2.34. The van der Waals surface area contributed by atoms with Crippen LogP contribution < -0.4 is 5.32 Å². The molecule has 2 unspecified atom stereocenters. The molecule has 0 bridgehead atoms. The standard InChI is InChI=1S/C18H30N2/c1-4-11-19-18(17-10-6-5-9-16(17)3)14-20-12-7-8-15(2)13-20/h5-6,9-10,15,18-19H,4,7-8,11-14H2,1-3H3. The topological polar surface area (TPSA) is 15.3 Å². The minimum Gasteiger partial charge on any atom is -0.309 e. The molecule has 1 aliphatic rings. The first-order chi connectivity index (χ1) is 9.70. The summed E-state index contributed by atoms with van der Waals surface area (Å²) in [5, 5.41) is 3.75. The maximum absolute atomic E-state index is 3.75. The second kappa shape index (κ2) is 7.80. The molecule has 1 N–H and O–H groups in total. The van der Waals surface area contributed by atoms with Crippen LogP contribution in [-0.2, 0) is 0 Å². The lowest BCUT2D eigenvalue weighted by atomic mass is 9.97. The summed E-state index contributed by atoms with van der Waals surface area (Å²) in [6.07, 6.45) is 3.95. The lowest BCUT2D eigenvalue weighted by molar-refractivity contribution is 0.167. The Balaban J connectivity index is 2.05. The zero-order valence-corrected chi connectivity index (χ0v) is 13.4. The Morgan fingerprint density at radius 1 is 1.35 bits per heavy atom. The molecule has 1 fully saturated rings. The predicted octanol–water partition coefficient (Wildman–Crippen LogP) is 3.77. The van der Waals surface area contributed by atoms with Crippen LogP contribution in [0.25, 0.3) is 0 Å². The van der Waals surface area contributed by atoms with Gasteiger partial charge in [0.15, 0.2) is 0 Å². The van der Waals surface area contributed by atoms with Gasteiger partial charge in [0, 0.05) is 19.1 Å². The van der Waals surface area contributed by atoms with E-state index in [0.717, 1.165) is 19.0 Å². The first kappa shape index (κ1) is 15.5. The van der Waals surface area contributed by atoms with Gasteiger partial charge in [0.05, 0.1) is 0 Å². The van der Waals surface area contributed by atoms with Crippen LogP contribution in [0.4, 0.5) is 0 Å². The maximum Gasteiger partial charge on any atom is 0.0451 e. The van der Waals surface area contributed by atoms with Gasteiger partial charge in [-0.25, -0.2) is 0 Å². The van der Waals surface area contributed by atoms with E-state index in [4.69, 9.17) is 0 Å². The average Bonchev–Trinajstić information content (AvgIpc) is 2.44. The fraction of sp³-hybridized carbons (Fsp3) is 0.667. The van der Waals surface area contributed by atoms with E-state index in [0.29, 0.717) is 6.04 Å². The number of aryl methyl sites for hydroxylation is 1. The summed E-state index contributed by atoms with van der Waals surface area (Å²) in [5.74, 6) is 0.854. The zero-order chi connectivity index (χ0) is 14.4. The lowest BCUT2D eigenvalue weighted by Crippen LogP contribution is -2.41. The summed E-state index contributed by atoms with van der Waals surface area (Å²) >= 11 is 0. The number of rotatable bonds is 6. The molecule has 112 valence electrons. The summed E-state index contributed by atoms with van der Waals surface area (Å²) in [4.78, 5) is 2.65. The van der Waals surface area contributed by atoms with Crippen LogP contribution in [0.3, 0.4) is 0 Å². The second-order valence-electron chi connectivity index (χ2n) is 6.37. The molecule has 2 rings (SSSR count). The third-order valence-electron chi connectivity index (χ3n) is 4.39. The normalized spacial score (nSPS) is 21.9. The van der Waals surface area contributed by atoms with Gasteiger partial charge in [-0.1, -0.05) is 38.1 Å². The van der Waals surface area contributed by atoms with Crippen molar-refractivity contribution in [3.05, 3.63) is 35.4 Å². The van der Waals surface area contributed by atoms with Gasteiger partial charge in [0.2, 0.25) is 0 Å². The van der Waals surface area contributed by atoms with Crippen LogP contribution >= 0.6 is 0 Å². The van der Waals surface area contributed by atoms with Gasteiger partial charge in [-0.15, -0.1) is 0 Å². The van der Waals surface area contributed by atoms with Gasteiger partial charge in [0.25, 0.3) is 0 Å². The molecule has 1 saturated heterocycles. The van der Waals surface area contributed by atoms with Gasteiger partial charge in [-0.05, 0) is 56.3 Å². The van der Waals surface area contributed by atoms with Gasteiger partial charge < -0.3 is 10.2 Å². The number of hydrogen-bond acceptors (Lipinski definition) is 2. The molecule has 20 heavy (non-hydrogen) atoms. The fourth-order valence-electron chi connectivity index (χ4n) is 3.28. The highest BCUT2D eigenvalue weighted by molar-refractivity contribution is 5.29. The first-order valence-electron chi connectivity index (χ1n) is 8.22. The van der Waals surface area contributed by atoms with E-state index in [1.807, 2.05) is 0 Å². The van der Waals surface area contributed by atoms with Crippen LogP contribution in [-0.4, -0.2) is 31.1 Å². The second-order valence-corrected chi connectivity index (χ2v) is 6.37. The van der Waals surface area contributed by atoms with E-state index in [1.165, 1.54) is 43.5 Å². The Morgan fingerprint density at radius 2 is 2.15 bits per heavy atom. The number of benzene rings is 1. The minimum absolute atomic E-state index is 0.474. The fourth-order valence-corrected chi connectivity index (χ4v) is 3.28. The summed E-state index contributed by atoms with van der Waals surface area (Å²) in [6.45, 7) is 11.6. The number of nitrogens with zero attached hydrogens (tertiary/aromatic N) is 1. The number of likely N-dealkylation sites (tertiary alicyclic amines) is 1. The van der Waals surface area contributed by atoms with E-state index in [2.05, 4.69) is 55.3 Å². The molecular weight excluding hydrogens is 244 g/mol. The average molecular weight is 274 g/mol. The predicted molar refractivity (Wildman–Crippen MR) is 87.1 cm³/mol. The molecule has 0 aliphatic carbocycles. The molecule has 1 aromatic rings. The van der Waals surface area contributed by atoms with E-state index in [-0.39, 0.29) is 0 Å². The SMILES string of the molecule is CCCNC(CN1CCCC(C)C1)c1ccccc1C. The summed E-state index contributed by atoms with van der Waals surface area (Å²) in [7, 11) is 0. The van der Waals surface area contributed by atoms with Crippen LogP contribution in [0.2, 0.25) is 0 Å². The third kappa shape index (κ3) is 4.32. The monoisotopic (exact) mass is 274 g/mol. The highest BCUT2D eigenvalue weighted by Gasteiger charge is 2.21. The molecule has 1 aromatic carbocycles. The Kier molecular flexibility index (Phi) is 6.06. The summed E-state index contributed by atoms with van der Waals surface area (Å²) in [6, 6.07) is 9.30. The molecule has 0 radical (unpaired) electrons. The molecule has 2 heteroatoms. The molecule has 0 saturated carbocycles. The van der Waals surface area contributed by atoms with Crippen molar-refractivity contribution in [2.75, 3.05) is 26.2 Å². The summed E-state index contributed by atoms with van der Waals surface area (Å²) < 4.78 is 0. The molecule has 2 atom stereocenters. The van der Waals surface area contributed by atoms with Crippen molar-refractivity contribution in [3.8, 4) is 0 Å². The Hall–Kier alpha value is -0.860. The van der Waals surface area contributed by atoms with Crippen molar-refractivity contribution in [1.29, 1.82) is 0 Å². The van der Waals surface area contributed by atoms with Gasteiger partial charge in [-0.3, -0.25) is 0 Å². The minimum atomic E-state index is 0.474. The largest absolute Gasteiger partial charge is 0.309 e. The van der Waals surface area contributed by atoms with Crippen LogP contribution in [0, 0.1) is 12.8 Å². The van der Waals surface area contributed by atoms with E-state index < -0.39 is 0 Å². The zero-order valence-electron chi connectivity index (χ0n) is 13.4. The van der Waals surface area contributed by atoms with E-state index in [1.54, 1.807) is 0 Å². The van der Waals surface area contributed by atoms with Crippen molar-refractivity contribution in [2.24, 2.45) is 5.92 Å². The van der Waals surface area contributed by atoms with Crippen LogP contribution in [0.15, 0.2) is 24.3 Å². The number of hydrogen-bond donors (Lipinski definition) is 1. The molecule has 0 amide bonds. The number of piperidine rings is 1. The van der Waals surface area contributed by atoms with E-state index >= 15 is 0 Å². The van der Waals surface area contributed by atoms with Gasteiger partial charge in [-0.2, -0.15) is 0 Å². The van der Waals surface area contributed by atoms with Crippen molar-refractivity contribution >= 4 is 0 Å². The maximum atomic E-state index is 3.75. The first-order valence-corrected chi connectivity index (χ1v) is 8.22. The van der Waals surface area contributed by atoms with Crippen molar-refractivity contribution in [2.45, 2.75) is 46.1 Å². The highest BCUT2D eigenvalue weighted by atomic mass is 15.2. The van der Waals surface area contributed by atoms with Crippen LogP contribution in [0.5, 0.6) is 0 Å². The Labute approximate surface area is 124 Å². The molecule has 1 heterocycles. The van der Waals surface area contributed by atoms with E-state index in [9.17, 15) is 0 Å². The highest BCUT2D eigenvalue weighted by Crippen LogP contribution is 2.22. The molecular formula is C18H30N2. The molecule has 0 aromatic heterocycles. The Bertz CT molecular complexity index is 402. The Morgan fingerprint density at radius 3 is 2.85 bits per heavy atom. The molecule has 2 nitrogen and oxygen atoms in total. The molecule has 1 aliphatic heterocycles. The van der Waals surface area contributed by atoms with Gasteiger partial charge in [0.1, 0.15) is 0 Å². The van der Waals surface area contributed by atoms with Crippen molar-refractivity contribution in [3.63, 3.8) is 0 Å².